The van der Waals surface area contributed by atoms with Crippen LogP contribution < -0.4 is 10.6 Å². The zero-order valence-electron chi connectivity index (χ0n) is 20.6. The summed E-state index contributed by atoms with van der Waals surface area (Å²) in [7, 11) is 0. The number of fused-ring (bicyclic) bond motifs is 1. The zero-order valence-corrected chi connectivity index (χ0v) is 21.5. The lowest BCUT2D eigenvalue weighted by Gasteiger charge is -2.15. The highest BCUT2D eigenvalue weighted by Crippen LogP contribution is 2.37. The molecule has 0 bridgehead atoms. The molecule has 0 radical (unpaired) electrons. The molecule has 3 aromatic carbocycles. The first-order valence-electron chi connectivity index (χ1n) is 11.9. The predicted octanol–water partition coefficient (Wildman–Crippen LogP) is 7.14. The minimum Gasteiger partial charge on any atom is -0.508 e. The average molecular weight is 526 g/mol. The molecule has 0 unspecified atom stereocenters. The first-order chi connectivity index (χ1) is 18.4. The van der Waals surface area contributed by atoms with Crippen LogP contribution in [0.5, 0.6) is 5.75 Å². The quantitative estimate of drug-likeness (QED) is 0.208. The molecule has 5 aromatic rings. The highest BCUT2D eigenvalue weighted by molar-refractivity contribution is 7.99. The van der Waals surface area contributed by atoms with Gasteiger partial charge in [0.05, 0.1) is 11.1 Å². The number of halogens is 1. The van der Waals surface area contributed by atoms with E-state index in [4.69, 9.17) is 0 Å². The highest BCUT2D eigenvalue weighted by atomic mass is 32.2. The third-order valence-corrected chi connectivity index (χ3v) is 6.84. The number of nitrogens with one attached hydrogen (secondary N) is 2. The van der Waals surface area contributed by atoms with Gasteiger partial charge in [0.2, 0.25) is 0 Å². The van der Waals surface area contributed by atoms with Crippen LogP contribution in [-0.2, 0) is 0 Å². The van der Waals surface area contributed by atoms with Crippen LogP contribution in [-0.4, -0.2) is 26.0 Å². The molecule has 0 saturated carbocycles. The first-order valence-corrected chi connectivity index (χ1v) is 12.7. The van der Waals surface area contributed by atoms with Crippen LogP contribution in [0.1, 0.15) is 35.8 Å². The Hall–Kier alpha value is -4.50. The van der Waals surface area contributed by atoms with Crippen molar-refractivity contribution in [3.8, 4) is 5.75 Å². The van der Waals surface area contributed by atoms with Crippen LogP contribution in [0.3, 0.4) is 0 Å². The number of pyridine rings is 1. The van der Waals surface area contributed by atoms with Gasteiger partial charge < -0.3 is 15.7 Å². The summed E-state index contributed by atoms with van der Waals surface area (Å²) in [5, 5.41) is 16.5. The van der Waals surface area contributed by atoms with E-state index >= 15 is 0 Å². The van der Waals surface area contributed by atoms with E-state index in [9.17, 15) is 14.3 Å². The number of carbonyl (C=O) groups excluding carboxylic acids is 1. The third-order valence-electron chi connectivity index (χ3n) is 5.75. The molecule has 0 aliphatic heterocycles. The summed E-state index contributed by atoms with van der Waals surface area (Å²) in [5.41, 5.74) is 2.89. The Bertz CT molecular complexity index is 1630. The molecule has 9 heteroatoms. The van der Waals surface area contributed by atoms with Gasteiger partial charge in [0.25, 0.3) is 5.91 Å². The number of aromatic hydroxyl groups is 1. The molecule has 0 spiro atoms. The molecule has 1 amide bonds. The lowest BCUT2D eigenvalue weighted by atomic mass is 10.1. The Morgan fingerprint density at radius 3 is 2.55 bits per heavy atom. The second-order valence-corrected chi connectivity index (χ2v) is 10.00. The largest absolute Gasteiger partial charge is 0.508 e. The molecule has 5 rings (SSSR count). The molecular weight excluding hydrogens is 501 g/mol. The van der Waals surface area contributed by atoms with Gasteiger partial charge in [0, 0.05) is 26.7 Å². The Morgan fingerprint density at radius 2 is 1.79 bits per heavy atom. The van der Waals surface area contributed by atoms with E-state index in [1.165, 1.54) is 36.3 Å². The predicted molar refractivity (Wildman–Crippen MR) is 148 cm³/mol. The topological polar surface area (TPSA) is 100 Å². The molecule has 7 nitrogen and oxygen atoms in total. The molecule has 0 atom stereocenters. The molecule has 2 aromatic heterocycles. The molecule has 3 N–H and O–H groups in total. The number of hydrogen-bond acceptors (Lipinski definition) is 7. The number of phenolic OH excluding ortho intramolecular Hbond substituents is 1. The van der Waals surface area contributed by atoms with E-state index < -0.39 is 5.82 Å². The van der Waals surface area contributed by atoms with E-state index in [0.29, 0.717) is 28.4 Å². The monoisotopic (exact) mass is 525 g/mol. The number of benzene rings is 3. The third kappa shape index (κ3) is 5.73. The van der Waals surface area contributed by atoms with Crippen molar-refractivity contribution in [1.29, 1.82) is 0 Å². The second-order valence-electron chi connectivity index (χ2n) is 8.88. The van der Waals surface area contributed by atoms with Crippen molar-refractivity contribution in [2.24, 2.45) is 0 Å². The highest BCUT2D eigenvalue weighted by Gasteiger charge is 2.15. The smallest absolute Gasteiger partial charge is 0.255 e. The fourth-order valence-corrected chi connectivity index (χ4v) is 4.66. The van der Waals surface area contributed by atoms with Crippen molar-refractivity contribution in [3.05, 3.63) is 102 Å². The Labute approximate surface area is 223 Å². The number of anilines is 3. The van der Waals surface area contributed by atoms with Crippen LogP contribution in [0.2, 0.25) is 0 Å². The van der Waals surface area contributed by atoms with Crippen molar-refractivity contribution < 1.29 is 14.3 Å². The van der Waals surface area contributed by atoms with Gasteiger partial charge in [-0.05, 0) is 78.7 Å². The van der Waals surface area contributed by atoms with Crippen molar-refractivity contribution in [1.82, 2.24) is 15.0 Å². The summed E-state index contributed by atoms with van der Waals surface area (Å²) >= 11 is 1.47. The molecule has 0 aliphatic rings. The summed E-state index contributed by atoms with van der Waals surface area (Å²) in [5.74, 6) is 0.171. The number of hydrogen-bond donors (Lipinski definition) is 3. The van der Waals surface area contributed by atoms with Crippen LogP contribution in [0, 0.1) is 5.82 Å². The van der Waals surface area contributed by atoms with E-state index in [2.05, 4.69) is 39.4 Å². The van der Waals surface area contributed by atoms with E-state index in [1.54, 1.807) is 30.3 Å². The molecule has 2 heterocycles. The van der Waals surface area contributed by atoms with Gasteiger partial charge in [-0.1, -0.05) is 31.7 Å². The maximum atomic E-state index is 13.6. The Morgan fingerprint density at radius 1 is 0.974 bits per heavy atom. The second kappa shape index (κ2) is 10.9. The minimum atomic E-state index is -0.435. The number of aromatic nitrogens is 3. The van der Waals surface area contributed by atoms with E-state index in [0.717, 1.165) is 20.9 Å². The van der Waals surface area contributed by atoms with Crippen LogP contribution in [0.4, 0.5) is 21.6 Å². The van der Waals surface area contributed by atoms with Crippen LogP contribution in [0.15, 0.2) is 95.0 Å². The summed E-state index contributed by atoms with van der Waals surface area (Å²) in [6.07, 6.45) is 1.45. The van der Waals surface area contributed by atoms with Gasteiger partial charge in [-0.25, -0.2) is 19.3 Å². The van der Waals surface area contributed by atoms with Gasteiger partial charge in [-0.3, -0.25) is 4.79 Å². The fraction of sp³-hybridized carbons (Fsp3) is 0.103. The van der Waals surface area contributed by atoms with Crippen molar-refractivity contribution >= 4 is 45.9 Å². The molecular formula is C29H24FN5O2S. The van der Waals surface area contributed by atoms with E-state index in [-0.39, 0.29) is 17.6 Å². The number of carbonyl (C=O) groups is 1. The first kappa shape index (κ1) is 25.2. The summed E-state index contributed by atoms with van der Waals surface area (Å²) in [6.45, 7) is 4.14. The Kier molecular flexibility index (Phi) is 7.19. The van der Waals surface area contributed by atoms with Crippen LogP contribution >= 0.6 is 11.8 Å². The standard InChI is InChI=1S/C29H24FN5O2S/c1-17(2)24-12-11-23-27(34-24)31-16-32-28(23)35-25-14-18(29(37)33-20-5-3-4-19(30)15-20)6-13-26(25)38-22-9-7-21(36)8-10-22/h3-17,36H,1-2H3,(H,33,37)(H,31,32,34,35). The van der Waals surface area contributed by atoms with Crippen molar-refractivity contribution in [2.75, 3.05) is 10.6 Å². The number of amides is 1. The van der Waals surface area contributed by atoms with Gasteiger partial charge in [-0.15, -0.1) is 0 Å². The number of rotatable bonds is 7. The van der Waals surface area contributed by atoms with Gasteiger partial charge >= 0.3 is 0 Å². The summed E-state index contributed by atoms with van der Waals surface area (Å²) in [6, 6.07) is 21.8. The van der Waals surface area contributed by atoms with Gasteiger partial charge in [0.15, 0.2) is 5.65 Å². The lowest BCUT2D eigenvalue weighted by Crippen LogP contribution is -2.12. The minimum absolute atomic E-state index is 0.179. The van der Waals surface area contributed by atoms with Gasteiger partial charge in [0.1, 0.15) is 23.7 Å². The molecule has 0 aliphatic carbocycles. The molecule has 190 valence electrons. The normalized spacial score (nSPS) is 11.1. The average Bonchev–Trinajstić information content (AvgIpc) is 2.90. The Balaban J connectivity index is 1.52. The number of nitrogens with zero attached hydrogens (tertiary/aromatic N) is 3. The van der Waals surface area contributed by atoms with E-state index in [1.807, 2.05) is 30.3 Å². The zero-order chi connectivity index (χ0) is 26.6. The maximum absolute atomic E-state index is 13.6. The van der Waals surface area contributed by atoms with Crippen molar-refractivity contribution in [3.63, 3.8) is 0 Å². The molecule has 0 saturated heterocycles. The number of phenols is 1. The summed E-state index contributed by atoms with van der Waals surface area (Å²) in [4.78, 5) is 28.2. The van der Waals surface area contributed by atoms with Crippen LogP contribution in [0.25, 0.3) is 11.0 Å². The van der Waals surface area contributed by atoms with Crippen molar-refractivity contribution in [2.45, 2.75) is 29.6 Å². The SMILES string of the molecule is CC(C)c1ccc2c(Nc3cc(C(=O)Nc4cccc(F)c4)ccc3Sc3ccc(O)cc3)ncnc2n1. The maximum Gasteiger partial charge on any atom is 0.255 e. The van der Waals surface area contributed by atoms with Gasteiger partial charge in [-0.2, -0.15) is 0 Å². The summed E-state index contributed by atoms with van der Waals surface area (Å²) < 4.78 is 13.6. The molecule has 0 fully saturated rings. The molecule has 38 heavy (non-hydrogen) atoms. The lowest BCUT2D eigenvalue weighted by molar-refractivity contribution is 0.102. The fourth-order valence-electron chi connectivity index (χ4n) is 3.77.